The van der Waals surface area contributed by atoms with Crippen LogP contribution in [-0.2, 0) is 27.2 Å². The Hall–Kier alpha value is -4.11. The molecular weight excluding hydrogens is 460 g/mol. The van der Waals surface area contributed by atoms with Crippen LogP contribution in [-0.4, -0.2) is 45.1 Å². The molecule has 0 unspecified atom stereocenters. The predicted octanol–water partition coefficient (Wildman–Crippen LogP) is 2.67. The monoisotopic (exact) mass is 486 g/mol. The number of esters is 1. The van der Waals surface area contributed by atoms with Crippen molar-refractivity contribution in [3.8, 4) is 0 Å². The first-order valence-electron chi connectivity index (χ1n) is 12.0. The van der Waals surface area contributed by atoms with E-state index < -0.39 is 11.9 Å². The average Bonchev–Trinajstić information content (AvgIpc) is 3.40. The number of aromatic nitrogens is 3. The van der Waals surface area contributed by atoms with Crippen molar-refractivity contribution in [1.29, 1.82) is 0 Å². The van der Waals surface area contributed by atoms with Crippen LogP contribution in [0.2, 0.25) is 0 Å². The summed E-state index contributed by atoms with van der Waals surface area (Å²) in [6, 6.07) is 15.9. The molecule has 0 radical (unpaired) electrons. The zero-order valence-corrected chi connectivity index (χ0v) is 19.9. The third-order valence-corrected chi connectivity index (χ3v) is 6.12. The van der Waals surface area contributed by atoms with Gasteiger partial charge in [-0.25, -0.2) is 9.78 Å². The van der Waals surface area contributed by atoms with E-state index in [2.05, 4.69) is 4.99 Å². The Kier molecular flexibility index (Phi) is 6.73. The number of hydrogen-bond acceptors (Lipinski definition) is 6. The second-order valence-corrected chi connectivity index (χ2v) is 8.60. The predicted molar refractivity (Wildman–Crippen MR) is 133 cm³/mol. The smallest absolute Gasteiger partial charge is 0.341 e. The van der Waals surface area contributed by atoms with Crippen LogP contribution in [0.3, 0.4) is 0 Å². The third-order valence-electron chi connectivity index (χ3n) is 6.12. The van der Waals surface area contributed by atoms with E-state index in [4.69, 9.17) is 14.5 Å². The minimum Gasteiger partial charge on any atom is -0.462 e. The van der Waals surface area contributed by atoms with E-state index in [1.54, 1.807) is 35.9 Å². The molecule has 5 rings (SSSR count). The van der Waals surface area contributed by atoms with Crippen molar-refractivity contribution in [1.82, 2.24) is 14.0 Å². The summed E-state index contributed by atoms with van der Waals surface area (Å²) in [5.74, 6) is -1.09. The lowest BCUT2D eigenvalue weighted by atomic mass is 10.1. The molecule has 9 nitrogen and oxygen atoms in total. The number of benzene rings is 1. The molecule has 1 atom stereocenters. The van der Waals surface area contributed by atoms with Crippen molar-refractivity contribution in [2.75, 3.05) is 13.2 Å². The molecule has 3 aromatic heterocycles. The van der Waals surface area contributed by atoms with Crippen molar-refractivity contribution >= 4 is 28.6 Å². The van der Waals surface area contributed by atoms with Gasteiger partial charge in [0, 0.05) is 12.8 Å². The third kappa shape index (κ3) is 4.70. The number of hydrogen-bond donors (Lipinski definition) is 0. The largest absolute Gasteiger partial charge is 0.462 e. The fourth-order valence-corrected chi connectivity index (χ4v) is 4.45. The van der Waals surface area contributed by atoms with E-state index in [1.165, 1.54) is 10.5 Å². The Morgan fingerprint density at radius 3 is 2.72 bits per heavy atom. The van der Waals surface area contributed by atoms with Crippen LogP contribution in [0.4, 0.5) is 0 Å². The normalized spacial score (nSPS) is 16.0. The van der Waals surface area contributed by atoms with Crippen LogP contribution < -0.4 is 11.0 Å². The topological polar surface area (TPSA) is 104 Å². The molecule has 9 heteroatoms. The van der Waals surface area contributed by atoms with E-state index in [0.29, 0.717) is 17.9 Å². The van der Waals surface area contributed by atoms with Gasteiger partial charge in [0.1, 0.15) is 16.9 Å². The summed E-state index contributed by atoms with van der Waals surface area (Å²) in [6.45, 7) is 2.74. The van der Waals surface area contributed by atoms with Crippen molar-refractivity contribution in [2.24, 2.45) is 4.99 Å². The van der Waals surface area contributed by atoms with Gasteiger partial charge >= 0.3 is 5.97 Å². The van der Waals surface area contributed by atoms with Crippen molar-refractivity contribution in [3.63, 3.8) is 0 Å². The van der Waals surface area contributed by atoms with Gasteiger partial charge in [0.25, 0.3) is 11.5 Å². The number of rotatable bonds is 6. The summed E-state index contributed by atoms with van der Waals surface area (Å²) in [6.07, 6.45) is 3.24. The minimum atomic E-state index is -0.663. The molecule has 4 heterocycles. The molecule has 0 saturated carbocycles. The highest BCUT2D eigenvalue weighted by Crippen LogP contribution is 2.17. The Morgan fingerprint density at radius 2 is 1.97 bits per heavy atom. The summed E-state index contributed by atoms with van der Waals surface area (Å²) in [5.41, 5.74) is 1.41. The first-order valence-corrected chi connectivity index (χ1v) is 12.0. The van der Waals surface area contributed by atoms with Gasteiger partial charge in [-0.15, -0.1) is 0 Å². The van der Waals surface area contributed by atoms with E-state index in [9.17, 15) is 14.4 Å². The zero-order chi connectivity index (χ0) is 25.1. The molecule has 0 bridgehead atoms. The lowest BCUT2D eigenvalue weighted by Gasteiger charge is -2.18. The van der Waals surface area contributed by atoms with Crippen molar-refractivity contribution in [3.05, 3.63) is 87.8 Å². The molecule has 36 heavy (non-hydrogen) atoms. The molecule has 1 aliphatic rings. The van der Waals surface area contributed by atoms with Crippen molar-refractivity contribution in [2.45, 2.75) is 38.8 Å². The maximum absolute atomic E-state index is 13.4. The lowest BCUT2D eigenvalue weighted by Crippen LogP contribution is -2.35. The summed E-state index contributed by atoms with van der Waals surface area (Å²) < 4.78 is 14.2. The van der Waals surface area contributed by atoms with Crippen molar-refractivity contribution < 1.29 is 19.1 Å². The second-order valence-electron chi connectivity index (χ2n) is 8.60. The number of carbonyl (C=O) groups is 2. The standard InChI is InChI=1S/C27H26N4O5/c1-2-35-27(34)21-16-20-24(28-22-12-6-7-13-30(22)26(20)33)31(17-19-11-8-14-36-19)25(21)29-23(32)15-18-9-4-3-5-10-18/h3-7,9-10,12-13,16,19H,2,8,11,14-15,17H2,1H3/t19-/m0/s1. The number of pyridine rings is 2. The molecule has 0 aliphatic carbocycles. The molecule has 184 valence electrons. The molecule has 4 aromatic rings. The van der Waals surface area contributed by atoms with Crippen LogP contribution in [0.5, 0.6) is 0 Å². The van der Waals surface area contributed by atoms with Gasteiger partial charge < -0.3 is 14.0 Å². The molecule has 0 spiro atoms. The van der Waals surface area contributed by atoms with Crippen LogP contribution in [0.15, 0.2) is 70.6 Å². The maximum Gasteiger partial charge on any atom is 0.341 e. The molecule has 1 saturated heterocycles. The van der Waals surface area contributed by atoms with Gasteiger partial charge in [0.05, 0.1) is 31.1 Å². The van der Waals surface area contributed by atoms with Gasteiger partial charge in [-0.05, 0) is 43.5 Å². The summed E-state index contributed by atoms with van der Waals surface area (Å²) >= 11 is 0. The average molecular weight is 487 g/mol. The quantitative estimate of drug-likeness (QED) is 0.307. The highest BCUT2D eigenvalue weighted by molar-refractivity contribution is 5.93. The summed E-state index contributed by atoms with van der Waals surface area (Å²) in [7, 11) is 0. The Balaban J connectivity index is 1.79. The van der Waals surface area contributed by atoms with E-state index in [-0.39, 0.29) is 47.7 Å². The van der Waals surface area contributed by atoms with Crippen LogP contribution in [0.25, 0.3) is 16.7 Å². The van der Waals surface area contributed by atoms with Crippen LogP contribution >= 0.6 is 0 Å². The number of carbonyl (C=O) groups excluding carboxylic acids is 2. The molecule has 0 N–H and O–H groups in total. The summed E-state index contributed by atoms with van der Waals surface area (Å²) in [5, 5.41) is 0.231. The van der Waals surface area contributed by atoms with Gasteiger partial charge in [0.15, 0.2) is 5.49 Å². The van der Waals surface area contributed by atoms with E-state index in [0.717, 1.165) is 18.4 Å². The molecule has 1 aromatic carbocycles. The number of amides is 1. The van der Waals surface area contributed by atoms with Gasteiger partial charge in [-0.2, -0.15) is 4.99 Å². The van der Waals surface area contributed by atoms with E-state index >= 15 is 0 Å². The number of fused-ring (bicyclic) bond motifs is 2. The fourth-order valence-electron chi connectivity index (χ4n) is 4.45. The first-order chi connectivity index (χ1) is 17.5. The lowest BCUT2D eigenvalue weighted by molar-refractivity contribution is -0.117. The Bertz CT molecular complexity index is 1570. The first kappa shape index (κ1) is 23.6. The van der Waals surface area contributed by atoms with Gasteiger partial charge in [-0.3, -0.25) is 14.0 Å². The molecule has 1 fully saturated rings. The Morgan fingerprint density at radius 1 is 1.17 bits per heavy atom. The Labute approximate surface area is 206 Å². The van der Waals surface area contributed by atoms with E-state index in [1.807, 2.05) is 30.3 Å². The number of nitrogens with zero attached hydrogens (tertiary/aromatic N) is 4. The minimum absolute atomic E-state index is 0.0403. The highest BCUT2D eigenvalue weighted by atomic mass is 16.5. The zero-order valence-electron chi connectivity index (χ0n) is 19.9. The molecule has 1 aliphatic heterocycles. The van der Waals surface area contributed by atoms with Crippen LogP contribution in [0, 0.1) is 0 Å². The second kappa shape index (κ2) is 10.2. The summed E-state index contributed by atoms with van der Waals surface area (Å²) in [4.78, 5) is 48.6. The van der Waals surface area contributed by atoms with Gasteiger partial charge in [-0.1, -0.05) is 36.4 Å². The van der Waals surface area contributed by atoms with Crippen LogP contribution in [0.1, 0.15) is 35.7 Å². The molecular formula is C27H26N4O5. The van der Waals surface area contributed by atoms with Gasteiger partial charge in [0.2, 0.25) is 0 Å². The molecule has 1 amide bonds. The number of ether oxygens (including phenoxy) is 2. The maximum atomic E-state index is 13.4. The fraction of sp³-hybridized carbons (Fsp3) is 0.296. The SMILES string of the molecule is CCOC(=O)c1cc2c(=O)n3ccccc3nc2n(C[C@@H]2CCCO2)c1=NC(=O)Cc1ccccc1. The highest BCUT2D eigenvalue weighted by Gasteiger charge is 2.23.